The highest BCUT2D eigenvalue weighted by Crippen LogP contribution is 2.40. The van der Waals surface area contributed by atoms with Gasteiger partial charge in [-0.15, -0.1) is 0 Å². The van der Waals surface area contributed by atoms with Crippen LogP contribution in [0, 0.1) is 5.92 Å². The fourth-order valence-corrected chi connectivity index (χ4v) is 3.91. The Morgan fingerprint density at radius 3 is 2.27 bits per heavy atom. The van der Waals surface area contributed by atoms with E-state index >= 15 is 0 Å². The van der Waals surface area contributed by atoms with Gasteiger partial charge in [0.25, 0.3) is 0 Å². The molecular formula is C22H32N4O4. The summed E-state index contributed by atoms with van der Waals surface area (Å²) < 4.78 is 16.1. The highest BCUT2D eigenvalue weighted by Gasteiger charge is 2.54. The summed E-state index contributed by atoms with van der Waals surface area (Å²) >= 11 is 0. The molecule has 0 radical (unpaired) electrons. The van der Waals surface area contributed by atoms with Gasteiger partial charge in [-0.1, -0.05) is 0 Å². The standard InChI is InChI=1S/C22H32N4O4/c1-13-14(2)25-20(24-13)18-19(27)22(3,4)26(21(18)23-8-9-28-5)15-10-16(29-6)12-17(11-15)30-7/h10-14,18H,8-9H2,1-7H3,(H,24,25). The Bertz CT molecular complexity index is 842. The van der Waals surface area contributed by atoms with Crippen LogP contribution in [0.4, 0.5) is 5.69 Å². The van der Waals surface area contributed by atoms with Gasteiger partial charge in [0.05, 0.1) is 39.1 Å². The zero-order chi connectivity index (χ0) is 22.1. The van der Waals surface area contributed by atoms with Crippen LogP contribution in [0.25, 0.3) is 0 Å². The molecule has 1 fully saturated rings. The number of hydrogen-bond donors (Lipinski definition) is 1. The summed E-state index contributed by atoms with van der Waals surface area (Å²) in [6.07, 6.45) is 0. The predicted octanol–water partition coefficient (Wildman–Crippen LogP) is 2.31. The number of rotatable bonds is 7. The largest absolute Gasteiger partial charge is 0.497 e. The molecule has 1 saturated heterocycles. The summed E-state index contributed by atoms with van der Waals surface area (Å²) in [4.78, 5) is 25.1. The van der Waals surface area contributed by atoms with Crippen LogP contribution in [0.3, 0.4) is 0 Å². The summed E-state index contributed by atoms with van der Waals surface area (Å²) in [5, 5.41) is 3.39. The Balaban J connectivity index is 2.14. The number of hydrogen-bond acceptors (Lipinski definition) is 7. The zero-order valence-corrected chi connectivity index (χ0v) is 18.9. The van der Waals surface area contributed by atoms with Crippen molar-refractivity contribution in [2.75, 3.05) is 39.4 Å². The molecule has 30 heavy (non-hydrogen) atoms. The molecule has 0 bridgehead atoms. The minimum Gasteiger partial charge on any atom is -0.497 e. The van der Waals surface area contributed by atoms with Gasteiger partial charge in [-0.05, 0) is 27.7 Å². The lowest BCUT2D eigenvalue weighted by Crippen LogP contribution is -2.44. The molecule has 0 aromatic heterocycles. The van der Waals surface area contributed by atoms with Gasteiger partial charge in [0, 0.05) is 31.4 Å². The van der Waals surface area contributed by atoms with E-state index in [1.165, 1.54) is 0 Å². The van der Waals surface area contributed by atoms with Crippen molar-refractivity contribution in [2.45, 2.75) is 45.3 Å². The number of amidine groups is 2. The molecule has 3 rings (SSSR count). The Hall–Kier alpha value is -2.61. The van der Waals surface area contributed by atoms with Gasteiger partial charge >= 0.3 is 0 Å². The minimum atomic E-state index is -0.826. The summed E-state index contributed by atoms with van der Waals surface area (Å²) in [7, 11) is 4.85. The van der Waals surface area contributed by atoms with Gasteiger partial charge in [0.1, 0.15) is 34.6 Å². The smallest absolute Gasteiger partial charge is 0.176 e. The van der Waals surface area contributed by atoms with Gasteiger partial charge in [0.2, 0.25) is 0 Å². The third-order valence-corrected chi connectivity index (χ3v) is 5.79. The number of aliphatic imine (C=N–C) groups is 2. The lowest BCUT2D eigenvalue weighted by atomic mass is 9.93. The van der Waals surface area contributed by atoms with E-state index in [1.807, 2.05) is 37.8 Å². The maximum atomic E-state index is 13.6. The molecular weight excluding hydrogens is 384 g/mol. The summed E-state index contributed by atoms with van der Waals surface area (Å²) in [5.41, 5.74) is -0.0457. The number of nitrogens with zero attached hydrogens (tertiary/aromatic N) is 3. The first kappa shape index (κ1) is 22.1. The van der Waals surface area contributed by atoms with Crippen LogP contribution in [-0.2, 0) is 9.53 Å². The Morgan fingerprint density at radius 2 is 1.77 bits per heavy atom. The number of methoxy groups -OCH3 is 3. The van der Waals surface area contributed by atoms with E-state index in [-0.39, 0.29) is 17.9 Å². The third kappa shape index (κ3) is 3.88. The maximum absolute atomic E-state index is 13.6. The monoisotopic (exact) mass is 416 g/mol. The van der Waals surface area contributed by atoms with Crippen LogP contribution in [0.2, 0.25) is 0 Å². The second-order valence-electron chi connectivity index (χ2n) is 8.18. The van der Waals surface area contributed by atoms with Crippen molar-refractivity contribution < 1.29 is 19.0 Å². The maximum Gasteiger partial charge on any atom is 0.176 e. The lowest BCUT2D eigenvalue weighted by molar-refractivity contribution is -0.122. The number of carbonyl (C=O) groups is 1. The van der Waals surface area contributed by atoms with Crippen molar-refractivity contribution in [3.63, 3.8) is 0 Å². The van der Waals surface area contributed by atoms with Gasteiger partial charge in [-0.3, -0.25) is 14.8 Å². The summed E-state index contributed by atoms with van der Waals surface area (Å²) in [6, 6.07) is 5.85. The average molecular weight is 417 g/mol. The summed E-state index contributed by atoms with van der Waals surface area (Å²) in [6.45, 7) is 8.85. The van der Waals surface area contributed by atoms with E-state index in [0.717, 1.165) is 5.69 Å². The first-order chi connectivity index (χ1) is 14.2. The van der Waals surface area contributed by atoms with Crippen molar-refractivity contribution in [3.05, 3.63) is 18.2 Å². The topological polar surface area (TPSA) is 84.8 Å². The number of ketones is 1. The SMILES string of the molecule is COCCN=C1C(C2=NC(C)C(C)N2)C(=O)C(C)(C)N1c1cc(OC)cc(OC)c1. The average Bonchev–Trinajstić information content (AvgIpc) is 3.14. The molecule has 8 heteroatoms. The van der Waals surface area contributed by atoms with Crippen molar-refractivity contribution in [3.8, 4) is 11.5 Å². The van der Waals surface area contributed by atoms with Crippen LogP contribution in [0.5, 0.6) is 11.5 Å². The van der Waals surface area contributed by atoms with Crippen LogP contribution in [0.1, 0.15) is 27.7 Å². The van der Waals surface area contributed by atoms with E-state index in [1.54, 1.807) is 27.4 Å². The van der Waals surface area contributed by atoms with Crippen LogP contribution >= 0.6 is 0 Å². The highest BCUT2D eigenvalue weighted by molar-refractivity contribution is 6.34. The quantitative estimate of drug-likeness (QED) is 0.687. The molecule has 8 nitrogen and oxygen atoms in total. The van der Waals surface area contributed by atoms with E-state index in [2.05, 4.69) is 12.2 Å². The first-order valence-electron chi connectivity index (χ1n) is 10.2. The summed E-state index contributed by atoms with van der Waals surface area (Å²) in [5.74, 6) is 2.12. The Kier molecular flexibility index (Phi) is 6.36. The highest BCUT2D eigenvalue weighted by atomic mass is 16.5. The minimum absolute atomic E-state index is 0.0491. The number of nitrogens with one attached hydrogen (secondary N) is 1. The van der Waals surface area contributed by atoms with Crippen molar-refractivity contribution >= 4 is 23.1 Å². The molecule has 2 aliphatic rings. The molecule has 0 amide bonds. The van der Waals surface area contributed by atoms with E-state index in [9.17, 15) is 4.79 Å². The molecule has 0 saturated carbocycles. The van der Waals surface area contributed by atoms with Crippen molar-refractivity contribution in [1.29, 1.82) is 0 Å². The predicted molar refractivity (Wildman–Crippen MR) is 118 cm³/mol. The first-order valence-corrected chi connectivity index (χ1v) is 10.2. The normalized spacial score (nSPS) is 26.7. The van der Waals surface area contributed by atoms with Crippen molar-refractivity contribution in [2.24, 2.45) is 15.9 Å². The van der Waals surface area contributed by atoms with E-state index in [4.69, 9.17) is 24.2 Å². The molecule has 3 atom stereocenters. The van der Waals surface area contributed by atoms with E-state index < -0.39 is 11.5 Å². The number of Topliss-reactive ketones (excluding diaryl/α,β-unsaturated/α-hetero) is 1. The van der Waals surface area contributed by atoms with Gasteiger partial charge < -0.3 is 24.4 Å². The second kappa shape index (κ2) is 8.63. The number of anilines is 1. The number of ether oxygens (including phenoxy) is 3. The third-order valence-electron chi connectivity index (χ3n) is 5.79. The molecule has 2 aliphatic heterocycles. The lowest BCUT2D eigenvalue weighted by Gasteiger charge is -2.32. The zero-order valence-electron chi connectivity index (χ0n) is 18.9. The second-order valence-corrected chi connectivity index (χ2v) is 8.18. The van der Waals surface area contributed by atoms with Crippen LogP contribution < -0.4 is 19.7 Å². The van der Waals surface area contributed by atoms with Crippen molar-refractivity contribution in [1.82, 2.24) is 5.32 Å². The molecule has 1 aromatic rings. The van der Waals surface area contributed by atoms with Gasteiger partial charge in [0.15, 0.2) is 5.78 Å². The molecule has 0 aliphatic carbocycles. The van der Waals surface area contributed by atoms with E-state index in [0.29, 0.717) is 36.3 Å². The van der Waals surface area contributed by atoms with Gasteiger partial charge in [-0.2, -0.15) is 0 Å². The molecule has 0 spiro atoms. The number of carbonyl (C=O) groups excluding carboxylic acids is 1. The fraction of sp³-hybridized carbons (Fsp3) is 0.591. The molecule has 3 unspecified atom stereocenters. The fourth-order valence-electron chi connectivity index (χ4n) is 3.91. The Morgan fingerprint density at radius 1 is 1.13 bits per heavy atom. The molecule has 2 heterocycles. The molecule has 1 N–H and O–H groups in total. The molecule has 164 valence electrons. The Labute approximate surface area is 178 Å². The van der Waals surface area contributed by atoms with Crippen LogP contribution in [0.15, 0.2) is 28.2 Å². The van der Waals surface area contributed by atoms with Gasteiger partial charge in [-0.25, -0.2) is 0 Å². The van der Waals surface area contributed by atoms with Crippen LogP contribution in [-0.4, -0.2) is 69.6 Å². The number of benzene rings is 1. The molecule has 1 aromatic carbocycles.